The summed E-state index contributed by atoms with van der Waals surface area (Å²) < 4.78 is 11.6. The van der Waals surface area contributed by atoms with Crippen molar-refractivity contribution in [2.45, 2.75) is 0 Å². The van der Waals surface area contributed by atoms with Crippen LogP contribution in [0.4, 0.5) is 11.5 Å². The van der Waals surface area contributed by atoms with Gasteiger partial charge in [-0.2, -0.15) is 5.10 Å². The van der Waals surface area contributed by atoms with Crippen LogP contribution in [-0.2, 0) is 0 Å². The number of methoxy groups -OCH3 is 1. The van der Waals surface area contributed by atoms with Gasteiger partial charge in [-0.15, -0.1) is 0 Å². The fourth-order valence-electron chi connectivity index (χ4n) is 1.80. The zero-order chi connectivity index (χ0) is 18.2. The van der Waals surface area contributed by atoms with Gasteiger partial charge in [0, 0.05) is 16.1 Å². The number of hydrogen-bond acceptors (Lipinski definition) is 7. The number of aromatic nitrogens is 1. The van der Waals surface area contributed by atoms with Crippen molar-refractivity contribution in [2.75, 3.05) is 19.1 Å². The lowest BCUT2D eigenvalue weighted by Crippen LogP contribution is -1.99. The Hall–Kier alpha value is -2.94. The maximum Gasteiger partial charge on any atom is 0.287 e. The summed E-state index contributed by atoms with van der Waals surface area (Å²) in [5.74, 6) is 1.52. The molecule has 1 N–H and O–H groups in total. The summed E-state index contributed by atoms with van der Waals surface area (Å²) in [6, 6.07) is 6.34. The molecule has 1 aromatic carbocycles. The lowest BCUT2D eigenvalue weighted by Gasteiger charge is -2.11. The monoisotopic (exact) mass is 406 g/mol. The first-order chi connectivity index (χ1) is 12.0. The fourth-order valence-corrected chi connectivity index (χ4v) is 2.22. The smallest absolute Gasteiger partial charge is 0.287 e. The second kappa shape index (κ2) is 8.78. The first-order valence-electron chi connectivity index (χ1n) is 7.06. The largest absolute Gasteiger partial charge is 0.493 e. The van der Waals surface area contributed by atoms with Gasteiger partial charge in [-0.05, 0) is 34.1 Å². The normalized spacial score (nSPS) is 10.5. The Balaban J connectivity index is 2.11. The number of anilines is 1. The highest BCUT2D eigenvalue weighted by Gasteiger charge is 2.09. The number of pyridine rings is 1. The van der Waals surface area contributed by atoms with Crippen LogP contribution in [-0.4, -0.2) is 29.8 Å². The molecule has 130 valence electrons. The maximum absolute atomic E-state index is 10.6. The van der Waals surface area contributed by atoms with Crippen molar-refractivity contribution in [3.05, 3.63) is 63.3 Å². The summed E-state index contributed by atoms with van der Waals surface area (Å²) in [6.45, 7) is 3.97. The zero-order valence-corrected chi connectivity index (χ0v) is 14.9. The lowest BCUT2D eigenvalue weighted by molar-refractivity contribution is -0.385. The Morgan fingerprint density at radius 1 is 1.44 bits per heavy atom. The third-order valence-corrected chi connectivity index (χ3v) is 3.67. The van der Waals surface area contributed by atoms with Crippen molar-refractivity contribution in [3.8, 4) is 11.5 Å². The molecule has 0 aliphatic carbocycles. The Kier molecular flexibility index (Phi) is 6.47. The van der Waals surface area contributed by atoms with E-state index in [4.69, 9.17) is 9.47 Å². The van der Waals surface area contributed by atoms with E-state index in [1.807, 2.05) is 0 Å². The first kappa shape index (κ1) is 18.4. The minimum atomic E-state index is -0.514. The molecule has 2 rings (SSSR count). The van der Waals surface area contributed by atoms with Gasteiger partial charge in [0.1, 0.15) is 18.6 Å². The summed E-state index contributed by atoms with van der Waals surface area (Å²) >= 11 is 3.44. The molecule has 0 radical (unpaired) electrons. The molecule has 1 aromatic heterocycles. The Labute approximate surface area is 152 Å². The van der Waals surface area contributed by atoms with Gasteiger partial charge < -0.3 is 9.47 Å². The maximum atomic E-state index is 10.6. The van der Waals surface area contributed by atoms with Gasteiger partial charge in [0.25, 0.3) is 5.69 Å². The molecule has 1 heterocycles. The molecule has 0 bridgehead atoms. The van der Waals surface area contributed by atoms with Gasteiger partial charge in [-0.25, -0.2) is 4.98 Å². The minimum Gasteiger partial charge on any atom is -0.493 e. The van der Waals surface area contributed by atoms with Gasteiger partial charge in [0.15, 0.2) is 11.5 Å². The standard InChI is InChI=1S/C16H15BrN4O4/c1-3-6-25-15-8-13(17)11(7-14(15)24-2)9-19-20-16-5-4-12(10-18-16)21(22)23/h3-5,7-10H,1,6H2,2H3,(H,18,20). The Morgan fingerprint density at radius 3 is 2.84 bits per heavy atom. The first-order valence-corrected chi connectivity index (χ1v) is 7.85. The van der Waals surface area contributed by atoms with Crippen molar-refractivity contribution in [2.24, 2.45) is 5.10 Å². The van der Waals surface area contributed by atoms with Gasteiger partial charge >= 0.3 is 0 Å². The summed E-state index contributed by atoms with van der Waals surface area (Å²) in [5, 5.41) is 14.6. The molecule has 0 aliphatic rings. The molecule has 9 heteroatoms. The molecule has 2 aromatic rings. The van der Waals surface area contributed by atoms with E-state index < -0.39 is 4.92 Å². The fraction of sp³-hybridized carbons (Fsp3) is 0.125. The predicted molar refractivity (Wildman–Crippen MR) is 98.5 cm³/mol. The van der Waals surface area contributed by atoms with Crippen LogP contribution in [0.1, 0.15) is 5.56 Å². The van der Waals surface area contributed by atoms with E-state index in [2.05, 4.69) is 38.0 Å². The quantitative estimate of drug-likeness (QED) is 0.310. The molecule has 0 atom stereocenters. The van der Waals surface area contributed by atoms with E-state index >= 15 is 0 Å². The lowest BCUT2D eigenvalue weighted by atomic mass is 10.2. The van der Waals surface area contributed by atoms with Crippen molar-refractivity contribution in [1.82, 2.24) is 4.98 Å². The molecule has 0 unspecified atom stereocenters. The van der Waals surface area contributed by atoms with Crippen LogP contribution in [0, 0.1) is 10.1 Å². The predicted octanol–water partition coefficient (Wildman–Crippen LogP) is 3.77. The van der Waals surface area contributed by atoms with Crippen LogP contribution < -0.4 is 14.9 Å². The number of nitro groups is 1. The molecule has 8 nitrogen and oxygen atoms in total. The van der Waals surface area contributed by atoms with Crippen LogP contribution in [0.25, 0.3) is 0 Å². The molecule has 0 aliphatic heterocycles. The number of ether oxygens (including phenoxy) is 2. The summed E-state index contributed by atoms with van der Waals surface area (Å²) in [6.07, 6.45) is 4.36. The van der Waals surface area contributed by atoms with E-state index in [1.54, 1.807) is 31.5 Å². The van der Waals surface area contributed by atoms with Crippen molar-refractivity contribution < 1.29 is 14.4 Å². The van der Waals surface area contributed by atoms with Gasteiger partial charge in [0.2, 0.25) is 0 Å². The topological polar surface area (TPSA) is 98.9 Å². The Morgan fingerprint density at radius 2 is 2.24 bits per heavy atom. The van der Waals surface area contributed by atoms with Gasteiger partial charge in [-0.3, -0.25) is 15.5 Å². The second-order valence-electron chi connectivity index (χ2n) is 4.65. The highest BCUT2D eigenvalue weighted by Crippen LogP contribution is 2.33. The molecular weight excluding hydrogens is 392 g/mol. The average molecular weight is 407 g/mol. The number of benzene rings is 1. The number of nitrogens with one attached hydrogen (secondary N) is 1. The molecular formula is C16H15BrN4O4. The molecule has 0 saturated carbocycles. The van der Waals surface area contributed by atoms with Crippen LogP contribution in [0.15, 0.2) is 52.7 Å². The molecule has 0 saturated heterocycles. The third-order valence-electron chi connectivity index (χ3n) is 2.98. The van der Waals surface area contributed by atoms with Gasteiger partial charge in [-0.1, -0.05) is 12.7 Å². The van der Waals surface area contributed by atoms with E-state index in [0.717, 1.165) is 16.2 Å². The number of hydrogen-bond donors (Lipinski definition) is 1. The summed E-state index contributed by atoms with van der Waals surface area (Å²) in [4.78, 5) is 14.0. The van der Waals surface area contributed by atoms with E-state index in [1.165, 1.54) is 12.1 Å². The molecule has 0 amide bonds. The van der Waals surface area contributed by atoms with Crippen LogP contribution >= 0.6 is 15.9 Å². The zero-order valence-electron chi connectivity index (χ0n) is 13.3. The van der Waals surface area contributed by atoms with Crippen LogP contribution in [0.3, 0.4) is 0 Å². The highest BCUT2D eigenvalue weighted by molar-refractivity contribution is 9.10. The number of hydrazone groups is 1. The summed E-state index contributed by atoms with van der Waals surface area (Å²) in [5.41, 5.74) is 3.36. The number of nitrogens with zero attached hydrogens (tertiary/aromatic N) is 3. The van der Waals surface area contributed by atoms with E-state index in [0.29, 0.717) is 23.9 Å². The van der Waals surface area contributed by atoms with Crippen molar-refractivity contribution in [1.29, 1.82) is 0 Å². The van der Waals surface area contributed by atoms with E-state index in [9.17, 15) is 10.1 Å². The molecule has 0 spiro atoms. The number of halogens is 1. The van der Waals surface area contributed by atoms with Crippen LogP contribution in [0.5, 0.6) is 11.5 Å². The highest BCUT2D eigenvalue weighted by atomic mass is 79.9. The van der Waals surface area contributed by atoms with Crippen molar-refractivity contribution >= 4 is 33.6 Å². The molecule has 25 heavy (non-hydrogen) atoms. The van der Waals surface area contributed by atoms with Crippen LogP contribution in [0.2, 0.25) is 0 Å². The number of rotatable bonds is 8. The Bertz CT molecular complexity index is 793. The minimum absolute atomic E-state index is 0.0860. The summed E-state index contributed by atoms with van der Waals surface area (Å²) in [7, 11) is 1.55. The second-order valence-corrected chi connectivity index (χ2v) is 5.51. The van der Waals surface area contributed by atoms with Gasteiger partial charge in [0.05, 0.1) is 18.2 Å². The van der Waals surface area contributed by atoms with E-state index in [-0.39, 0.29) is 5.69 Å². The van der Waals surface area contributed by atoms with Crippen molar-refractivity contribution in [3.63, 3.8) is 0 Å². The molecule has 0 fully saturated rings. The average Bonchev–Trinajstić information content (AvgIpc) is 2.61. The third kappa shape index (κ3) is 5.01. The SMILES string of the molecule is C=CCOc1cc(Br)c(C=NNc2ccc([N+](=O)[O-])cn2)cc1OC.